The number of hydrogen-bond acceptors (Lipinski definition) is 2. The number of benzene rings is 1. The second-order valence-corrected chi connectivity index (χ2v) is 6.21. The number of fused-ring (bicyclic) bond motifs is 1. The van der Waals surface area contributed by atoms with Gasteiger partial charge in [-0.2, -0.15) is 0 Å². The Bertz CT molecular complexity index is 462. The summed E-state index contributed by atoms with van der Waals surface area (Å²) < 4.78 is 2.60. The predicted molar refractivity (Wildman–Crippen MR) is 69.8 cm³/mol. The number of aliphatic hydroxyl groups is 1. The van der Waals surface area contributed by atoms with Crippen LogP contribution in [0.5, 0.6) is 0 Å². The van der Waals surface area contributed by atoms with E-state index in [9.17, 15) is 0 Å². The SMILES string of the molecule is CCc1cc(CO)cc2sc(I)cc12. The molecule has 2 rings (SSSR count). The summed E-state index contributed by atoms with van der Waals surface area (Å²) in [5.41, 5.74) is 2.36. The molecule has 1 aromatic heterocycles. The molecule has 0 atom stereocenters. The molecule has 0 saturated heterocycles. The lowest BCUT2D eigenvalue weighted by Crippen LogP contribution is -1.87. The number of thiophene rings is 1. The van der Waals surface area contributed by atoms with Crippen LogP contribution in [0, 0.1) is 2.88 Å². The summed E-state index contributed by atoms with van der Waals surface area (Å²) in [6.45, 7) is 2.29. The van der Waals surface area contributed by atoms with Gasteiger partial charge in [-0.1, -0.05) is 13.0 Å². The third kappa shape index (κ3) is 1.81. The number of aliphatic hydroxyl groups excluding tert-OH is 1. The van der Waals surface area contributed by atoms with Gasteiger partial charge in [-0.15, -0.1) is 11.3 Å². The minimum Gasteiger partial charge on any atom is -0.392 e. The van der Waals surface area contributed by atoms with Crippen molar-refractivity contribution in [3.05, 3.63) is 32.2 Å². The molecule has 1 N–H and O–H groups in total. The zero-order valence-electron chi connectivity index (χ0n) is 7.88. The van der Waals surface area contributed by atoms with Crippen LogP contribution in [-0.4, -0.2) is 5.11 Å². The van der Waals surface area contributed by atoms with Crippen LogP contribution in [0.1, 0.15) is 18.1 Å². The molecule has 0 spiro atoms. The number of aryl methyl sites for hydroxylation is 1. The summed E-state index contributed by atoms with van der Waals surface area (Å²) in [5.74, 6) is 0. The molecule has 0 fully saturated rings. The summed E-state index contributed by atoms with van der Waals surface area (Å²) in [5, 5.41) is 10.5. The summed E-state index contributed by atoms with van der Waals surface area (Å²) in [6.07, 6.45) is 1.02. The van der Waals surface area contributed by atoms with E-state index in [1.165, 1.54) is 18.5 Å². The Hall–Kier alpha value is -0.130. The molecule has 1 aromatic carbocycles. The van der Waals surface area contributed by atoms with Gasteiger partial charge in [-0.3, -0.25) is 0 Å². The van der Waals surface area contributed by atoms with Crippen LogP contribution in [0.15, 0.2) is 18.2 Å². The van der Waals surface area contributed by atoms with Crippen molar-refractivity contribution in [3.8, 4) is 0 Å². The average Bonchev–Trinajstić information content (AvgIpc) is 2.56. The van der Waals surface area contributed by atoms with Gasteiger partial charge in [0.1, 0.15) is 0 Å². The molecule has 74 valence electrons. The summed E-state index contributed by atoms with van der Waals surface area (Å²) in [7, 11) is 0. The second kappa shape index (κ2) is 4.16. The minimum atomic E-state index is 0.136. The van der Waals surface area contributed by atoms with Gasteiger partial charge >= 0.3 is 0 Å². The first kappa shape index (κ1) is 10.4. The molecular formula is C11H11IOS. The highest BCUT2D eigenvalue weighted by molar-refractivity contribution is 14.1. The van der Waals surface area contributed by atoms with E-state index in [4.69, 9.17) is 5.11 Å². The second-order valence-electron chi connectivity index (χ2n) is 3.23. The maximum absolute atomic E-state index is 9.13. The molecule has 0 aliphatic carbocycles. The van der Waals surface area contributed by atoms with Crippen LogP contribution >= 0.6 is 33.9 Å². The summed E-state index contributed by atoms with van der Waals surface area (Å²) in [4.78, 5) is 0. The first-order chi connectivity index (χ1) is 6.74. The molecule has 0 aliphatic rings. The Balaban J connectivity index is 2.72. The Morgan fingerprint density at radius 3 is 2.79 bits per heavy atom. The third-order valence-corrected chi connectivity index (χ3v) is 4.16. The largest absolute Gasteiger partial charge is 0.392 e. The zero-order chi connectivity index (χ0) is 10.1. The van der Waals surface area contributed by atoms with E-state index in [1.54, 1.807) is 11.3 Å². The van der Waals surface area contributed by atoms with Crippen molar-refractivity contribution in [2.45, 2.75) is 20.0 Å². The smallest absolute Gasteiger partial charge is 0.0682 e. The zero-order valence-corrected chi connectivity index (χ0v) is 10.9. The van der Waals surface area contributed by atoms with E-state index >= 15 is 0 Å². The molecule has 0 amide bonds. The Kier molecular flexibility index (Phi) is 3.09. The minimum absolute atomic E-state index is 0.136. The van der Waals surface area contributed by atoms with E-state index in [1.807, 2.05) is 0 Å². The predicted octanol–water partition coefficient (Wildman–Crippen LogP) is 3.56. The van der Waals surface area contributed by atoms with Crippen molar-refractivity contribution in [1.29, 1.82) is 0 Å². The van der Waals surface area contributed by atoms with Crippen LogP contribution in [0.3, 0.4) is 0 Å². The quantitative estimate of drug-likeness (QED) is 0.840. The van der Waals surface area contributed by atoms with Crippen molar-refractivity contribution in [2.75, 3.05) is 0 Å². The van der Waals surface area contributed by atoms with Crippen molar-refractivity contribution in [3.63, 3.8) is 0 Å². The molecule has 0 saturated carbocycles. The summed E-state index contributed by atoms with van der Waals surface area (Å²) in [6, 6.07) is 6.41. The van der Waals surface area contributed by atoms with Crippen LogP contribution in [0.25, 0.3) is 10.1 Å². The van der Waals surface area contributed by atoms with Gasteiger partial charge in [0.25, 0.3) is 0 Å². The lowest BCUT2D eigenvalue weighted by atomic mass is 10.1. The van der Waals surface area contributed by atoms with Crippen LogP contribution in [0.4, 0.5) is 0 Å². The molecular weight excluding hydrogens is 307 g/mol. The first-order valence-corrected chi connectivity index (χ1v) is 6.45. The lowest BCUT2D eigenvalue weighted by molar-refractivity contribution is 0.282. The van der Waals surface area contributed by atoms with Crippen molar-refractivity contribution in [1.82, 2.24) is 0 Å². The fourth-order valence-corrected chi connectivity index (χ4v) is 3.55. The standard InChI is InChI=1S/C11H11IOS/c1-2-8-3-7(6-13)4-10-9(8)5-11(12)14-10/h3-5,13H,2,6H2,1H3. The topological polar surface area (TPSA) is 20.2 Å². The maximum Gasteiger partial charge on any atom is 0.0682 e. The van der Waals surface area contributed by atoms with Gasteiger partial charge in [0.05, 0.1) is 9.49 Å². The van der Waals surface area contributed by atoms with Crippen LogP contribution in [-0.2, 0) is 13.0 Å². The van der Waals surface area contributed by atoms with Crippen LogP contribution < -0.4 is 0 Å². The molecule has 1 heterocycles. The van der Waals surface area contributed by atoms with Gasteiger partial charge < -0.3 is 5.11 Å². The lowest BCUT2D eigenvalue weighted by Gasteiger charge is -2.02. The highest BCUT2D eigenvalue weighted by Gasteiger charge is 2.05. The number of halogens is 1. The van der Waals surface area contributed by atoms with Gasteiger partial charge in [-0.05, 0) is 57.7 Å². The van der Waals surface area contributed by atoms with Gasteiger partial charge in [0, 0.05) is 4.70 Å². The monoisotopic (exact) mass is 318 g/mol. The normalized spacial score (nSPS) is 11.1. The van der Waals surface area contributed by atoms with Crippen LogP contribution in [0.2, 0.25) is 0 Å². The molecule has 3 heteroatoms. The van der Waals surface area contributed by atoms with Gasteiger partial charge in [-0.25, -0.2) is 0 Å². The molecule has 0 bridgehead atoms. The van der Waals surface area contributed by atoms with Gasteiger partial charge in [0.15, 0.2) is 0 Å². The van der Waals surface area contributed by atoms with E-state index in [0.29, 0.717) is 0 Å². The number of hydrogen-bond donors (Lipinski definition) is 1. The van der Waals surface area contributed by atoms with Crippen molar-refractivity contribution in [2.24, 2.45) is 0 Å². The molecule has 0 unspecified atom stereocenters. The Morgan fingerprint density at radius 1 is 1.36 bits per heavy atom. The van der Waals surface area contributed by atoms with Crippen molar-refractivity contribution < 1.29 is 5.11 Å². The molecule has 2 aromatic rings. The van der Waals surface area contributed by atoms with Gasteiger partial charge in [0.2, 0.25) is 0 Å². The number of rotatable bonds is 2. The molecule has 14 heavy (non-hydrogen) atoms. The fourth-order valence-electron chi connectivity index (χ4n) is 1.63. The maximum atomic E-state index is 9.13. The molecule has 0 aliphatic heterocycles. The first-order valence-electron chi connectivity index (χ1n) is 4.56. The third-order valence-electron chi connectivity index (χ3n) is 2.32. The highest BCUT2D eigenvalue weighted by atomic mass is 127. The van der Waals surface area contributed by atoms with E-state index in [-0.39, 0.29) is 6.61 Å². The molecule has 1 nitrogen and oxygen atoms in total. The highest BCUT2D eigenvalue weighted by Crippen LogP contribution is 2.30. The van der Waals surface area contributed by atoms with Crippen molar-refractivity contribution >= 4 is 44.0 Å². The molecule has 0 radical (unpaired) electrons. The van der Waals surface area contributed by atoms with E-state index < -0.39 is 0 Å². The van der Waals surface area contributed by atoms with E-state index in [2.05, 4.69) is 47.7 Å². The Morgan fingerprint density at radius 2 is 2.14 bits per heavy atom. The van der Waals surface area contributed by atoms with E-state index in [0.717, 1.165) is 12.0 Å². The average molecular weight is 318 g/mol. The summed E-state index contributed by atoms with van der Waals surface area (Å²) >= 11 is 4.13. The fraction of sp³-hybridized carbons (Fsp3) is 0.273. The Labute approximate surface area is 101 Å².